The molecule has 28 heavy (non-hydrogen) atoms. The van der Waals surface area contributed by atoms with Gasteiger partial charge in [0.25, 0.3) is 0 Å². The standard InChI is InChI=1S/C20H15BrN4O3/c1-25-18-7-6-15(28-16-8-12(19(26)27)10-22-11-16)9-17(18)24-20(25)23-14-4-2-13(21)3-5-14/h2-11H,1H3,(H,23,24)(H,26,27). The predicted octanol–water partition coefficient (Wildman–Crippen LogP) is 4.96. The van der Waals surface area contributed by atoms with Gasteiger partial charge in [0.2, 0.25) is 5.95 Å². The summed E-state index contributed by atoms with van der Waals surface area (Å²) in [5, 5.41) is 12.4. The highest BCUT2D eigenvalue weighted by atomic mass is 79.9. The lowest BCUT2D eigenvalue weighted by Gasteiger charge is -2.06. The Morgan fingerprint density at radius 2 is 1.89 bits per heavy atom. The van der Waals surface area contributed by atoms with E-state index in [1.54, 1.807) is 12.1 Å². The van der Waals surface area contributed by atoms with Gasteiger partial charge in [-0.15, -0.1) is 0 Å². The summed E-state index contributed by atoms with van der Waals surface area (Å²) in [5.41, 5.74) is 2.68. The first-order chi connectivity index (χ1) is 13.5. The highest BCUT2D eigenvalue weighted by molar-refractivity contribution is 9.10. The number of benzene rings is 2. The number of carbonyl (C=O) groups is 1. The molecule has 0 aliphatic rings. The Kier molecular flexibility index (Phi) is 4.70. The van der Waals surface area contributed by atoms with Gasteiger partial charge in [-0.1, -0.05) is 15.9 Å². The van der Waals surface area contributed by atoms with E-state index >= 15 is 0 Å². The molecular formula is C20H15BrN4O3. The molecule has 0 unspecified atom stereocenters. The molecule has 0 spiro atoms. The Morgan fingerprint density at radius 1 is 1.11 bits per heavy atom. The Bertz CT molecular complexity index is 1170. The number of nitrogens with one attached hydrogen (secondary N) is 1. The van der Waals surface area contributed by atoms with Crippen LogP contribution in [0.25, 0.3) is 11.0 Å². The van der Waals surface area contributed by atoms with Gasteiger partial charge in [0.15, 0.2) is 0 Å². The summed E-state index contributed by atoms with van der Waals surface area (Å²) < 4.78 is 8.72. The molecule has 0 atom stereocenters. The van der Waals surface area contributed by atoms with Gasteiger partial charge in [0, 0.05) is 29.5 Å². The lowest BCUT2D eigenvalue weighted by molar-refractivity contribution is 0.0696. The van der Waals surface area contributed by atoms with Crippen molar-refractivity contribution in [3.8, 4) is 11.5 Å². The molecule has 2 N–H and O–H groups in total. The second-order valence-electron chi connectivity index (χ2n) is 6.09. The Balaban J connectivity index is 1.61. The number of aromatic nitrogens is 3. The first-order valence-electron chi connectivity index (χ1n) is 8.35. The van der Waals surface area contributed by atoms with Crippen LogP contribution in [-0.2, 0) is 7.05 Å². The van der Waals surface area contributed by atoms with Crippen molar-refractivity contribution in [2.24, 2.45) is 7.05 Å². The molecule has 7 nitrogen and oxygen atoms in total. The van der Waals surface area contributed by atoms with Crippen molar-refractivity contribution in [1.82, 2.24) is 14.5 Å². The molecular weight excluding hydrogens is 424 g/mol. The average Bonchev–Trinajstić information content (AvgIpc) is 2.99. The molecule has 0 fully saturated rings. The maximum absolute atomic E-state index is 11.1. The molecule has 8 heteroatoms. The molecule has 4 aromatic rings. The molecule has 2 aromatic heterocycles. The number of aryl methyl sites for hydroxylation is 1. The topological polar surface area (TPSA) is 89.3 Å². The Hall–Kier alpha value is -3.39. The van der Waals surface area contributed by atoms with Crippen LogP contribution in [0.3, 0.4) is 0 Å². The van der Waals surface area contributed by atoms with Crippen LogP contribution in [0.4, 0.5) is 11.6 Å². The molecule has 0 amide bonds. The summed E-state index contributed by atoms with van der Waals surface area (Å²) in [6.07, 6.45) is 2.74. The van der Waals surface area contributed by atoms with Gasteiger partial charge in [-0.25, -0.2) is 9.78 Å². The van der Waals surface area contributed by atoms with Gasteiger partial charge < -0.3 is 19.7 Å². The fraction of sp³-hybridized carbons (Fsp3) is 0.0500. The Morgan fingerprint density at radius 3 is 2.64 bits per heavy atom. The van der Waals surface area contributed by atoms with Gasteiger partial charge >= 0.3 is 5.97 Å². The Labute approximate surface area is 168 Å². The van der Waals surface area contributed by atoms with Gasteiger partial charge in [0.1, 0.15) is 11.5 Å². The molecule has 2 heterocycles. The number of rotatable bonds is 5. The normalized spacial score (nSPS) is 10.8. The van der Waals surface area contributed by atoms with E-state index in [1.807, 2.05) is 41.9 Å². The van der Waals surface area contributed by atoms with Crippen molar-refractivity contribution in [3.05, 3.63) is 71.0 Å². The van der Waals surface area contributed by atoms with E-state index in [1.165, 1.54) is 18.5 Å². The summed E-state index contributed by atoms with van der Waals surface area (Å²) in [4.78, 5) is 19.6. The lowest BCUT2D eigenvalue weighted by atomic mass is 10.2. The van der Waals surface area contributed by atoms with Crippen LogP contribution < -0.4 is 10.1 Å². The number of imidazole rings is 1. The fourth-order valence-corrected chi connectivity index (χ4v) is 3.01. The number of nitrogens with zero attached hydrogens (tertiary/aromatic N) is 3. The fourth-order valence-electron chi connectivity index (χ4n) is 2.74. The summed E-state index contributed by atoms with van der Waals surface area (Å²) >= 11 is 3.42. The number of carboxylic acid groups (broad SMARTS) is 1. The SMILES string of the molecule is Cn1c(Nc2ccc(Br)cc2)nc2cc(Oc3cncc(C(=O)O)c3)ccc21. The zero-order chi connectivity index (χ0) is 19.7. The number of carboxylic acids is 1. The van der Waals surface area contributed by atoms with E-state index in [9.17, 15) is 4.79 Å². The van der Waals surface area contributed by atoms with Crippen molar-refractivity contribution >= 4 is 44.6 Å². The largest absolute Gasteiger partial charge is 0.478 e. The predicted molar refractivity (Wildman–Crippen MR) is 109 cm³/mol. The number of ether oxygens (including phenoxy) is 1. The monoisotopic (exact) mass is 438 g/mol. The van der Waals surface area contributed by atoms with Gasteiger partial charge in [-0.05, 0) is 42.5 Å². The molecule has 0 bridgehead atoms. The number of aromatic carboxylic acids is 1. The summed E-state index contributed by atoms with van der Waals surface area (Å²) in [7, 11) is 1.93. The summed E-state index contributed by atoms with van der Waals surface area (Å²) in [5.74, 6) is 0.541. The first-order valence-corrected chi connectivity index (χ1v) is 9.14. The van der Waals surface area contributed by atoms with E-state index in [-0.39, 0.29) is 5.56 Å². The third-order valence-electron chi connectivity index (χ3n) is 4.15. The minimum Gasteiger partial charge on any atom is -0.478 e. The van der Waals surface area contributed by atoms with Gasteiger partial charge in [-0.2, -0.15) is 0 Å². The maximum atomic E-state index is 11.1. The molecule has 0 aliphatic carbocycles. The minimum absolute atomic E-state index is 0.0670. The van der Waals surface area contributed by atoms with Crippen LogP contribution >= 0.6 is 15.9 Å². The van der Waals surface area contributed by atoms with Crippen molar-refractivity contribution in [2.75, 3.05) is 5.32 Å². The number of fused-ring (bicyclic) bond motifs is 1. The lowest BCUT2D eigenvalue weighted by Crippen LogP contribution is -1.98. The van der Waals surface area contributed by atoms with E-state index < -0.39 is 5.97 Å². The van der Waals surface area contributed by atoms with Crippen LogP contribution in [0, 0.1) is 0 Å². The van der Waals surface area contributed by atoms with Gasteiger partial charge in [0.05, 0.1) is 22.8 Å². The van der Waals surface area contributed by atoms with E-state index in [0.717, 1.165) is 21.2 Å². The highest BCUT2D eigenvalue weighted by Crippen LogP contribution is 2.28. The van der Waals surface area contributed by atoms with Crippen molar-refractivity contribution in [2.45, 2.75) is 0 Å². The van der Waals surface area contributed by atoms with Crippen LogP contribution in [0.15, 0.2) is 65.4 Å². The zero-order valence-corrected chi connectivity index (χ0v) is 16.3. The second-order valence-corrected chi connectivity index (χ2v) is 7.01. The summed E-state index contributed by atoms with van der Waals surface area (Å²) in [6, 6.07) is 14.8. The minimum atomic E-state index is -1.05. The van der Waals surface area contributed by atoms with E-state index in [0.29, 0.717) is 17.4 Å². The van der Waals surface area contributed by atoms with Crippen LogP contribution in [0.1, 0.15) is 10.4 Å². The number of hydrogen-bond acceptors (Lipinski definition) is 5. The van der Waals surface area contributed by atoms with Gasteiger partial charge in [-0.3, -0.25) is 4.98 Å². The smallest absolute Gasteiger partial charge is 0.337 e. The maximum Gasteiger partial charge on any atom is 0.337 e. The third-order valence-corrected chi connectivity index (χ3v) is 4.68. The zero-order valence-electron chi connectivity index (χ0n) is 14.8. The molecule has 2 aromatic carbocycles. The first kappa shape index (κ1) is 18.0. The van der Waals surface area contributed by atoms with Crippen LogP contribution in [0.5, 0.6) is 11.5 Å². The third kappa shape index (κ3) is 3.67. The molecule has 140 valence electrons. The molecule has 0 saturated heterocycles. The van der Waals surface area contributed by atoms with Crippen LogP contribution in [-0.4, -0.2) is 25.6 Å². The number of hydrogen-bond donors (Lipinski definition) is 2. The number of pyridine rings is 1. The average molecular weight is 439 g/mol. The highest BCUT2D eigenvalue weighted by Gasteiger charge is 2.11. The van der Waals surface area contributed by atoms with Crippen molar-refractivity contribution in [3.63, 3.8) is 0 Å². The molecule has 4 rings (SSSR count). The quantitative estimate of drug-likeness (QED) is 0.457. The van der Waals surface area contributed by atoms with Crippen LogP contribution in [0.2, 0.25) is 0 Å². The molecule has 0 aliphatic heterocycles. The molecule has 0 radical (unpaired) electrons. The molecule has 0 saturated carbocycles. The van der Waals surface area contributed by atoms with Crippen molar-refractivity contribution < 1.29 is 14.6 Å². The van der Waals surface area contributed by atoms with Crippen molar-refractivity contribution in [1.29, 1.82) is 0 Å². The second kappa shape index (κ2) is 7.32. The number of anilines is 2. The van der Waals surface area contributed by atoms with E-state index in [2.05, 4.69) is 31.2 Å². The summed E-state index contributed by atoms with van der Waals surface area (Å²) in [6.45, 7) is 0. The number of halogens is 1. The van der Waals surface area contributed by atoms with E-state index in [4.69, 9.17) is 9.84 Å².